The smallest absolute Gasteiger partial charge is 0.445 e. The highest BCUT2D eigenvalue weighted by Gasteiger charge is 2.31. The second kappa shape index (κ2) is 4.70. The van der Waals surface area contributed by atoms with Gasteiger partial charge in [-0.05, 0) is 25.4 Å². The van der Waals surface area contributed by atoms with Gasteiger partial charge in [-0.15, -0.1) is 0 Å². The van der Waals surface area contributed by atoms with Gasteiger partial charge < -0.3 is 17.8 Å². The number of nitrogens with one attached hydrogen (secondary N) is 1. The van der Waals surface area contributed by atoms with E-state index in [1.165, 1.54) is 12.1 Å². The Morgan fingerprint density at radius 3 is 2.07 bits per heavy atom. The van der Waals surface area contributed by atoms with Crippen LogP contribution in [-0.4, -0.2) is 20.1 Å². The molecule has 5 heteroatoms. The first-order chi connectivity index (χ1) is 7.00. The molecule has 0 saturated carbocycles. The second-order valence-electron chi connectivity index (χ2n) is 3.47. The van der Waals surface area contributed by atoms with Crippen molar-refractivity contribution in [2.45, 2.75) is 13.8 Å². The maximum Gasteiger partial charge on any atom is 0.515 e. The lowest BCUT2D eigenvalue weighted by atomic mass is 9.78. The van der Waals surface area contributed by atoms with Gasteiger partial charge in [-0.25, -0.2) is 0 Å². The van der Waals surface area contributed by atoms with Crippen molar-refractivity contribution in [3.05, 3.63) is 24.3 Å². The molecule has 15 heavy (non-hydrogen) atoms. The maximum absolute atomic E-state index is 12.7. The molecule has 1 N–H and O–H groups in total. The zero-order valence-corrected chi connectivity index (χ0v) is 8.93. The van der Waals surface area contributed by atoms with Crippen molar-refractivity contribution >= 4 is 18.1 Å². The second-order valence-corrected chi connectivity index (χ2v) is 3.47. The van der Waals surface area contributed by atoms with Crippen molar-refractivity contribution < 1.29 is 17.8 Å². The van der Waals surface area contributed by atoms with Crippen LogP contribution < -0.4 is 10.4 Å². The summed E-state index contributed by atoms with van der Waals surface area (Å²) in [4.78, 5) is 0.866. The summed E-state index contributed by atoms with van der Waals surface area (Å²) in [5.74, 6) is 0. The van der Waals surface area contributed by atoms with Gasteiger partial charge in [0.05, 0.1) is 13.1 Å². The van der Waals surface area contributed by atoms with Gasteiger partial charge in [-0.3, -0.25) is 0 Å². The van der Waals surface area contributed by atoms with Gasteiger partial charge in [0, 0.05) is 0 Å². The lowest BCUT2D eigenvalue weighted by Gasteiger charge is -2.23. The average molecular weight is 217 g/mol. The minimum Gasteiger partial charge on any atom is -0.445 e. The zero-order chi connectivity index (χ0) is 11.5. The van der Waals surface area contributed by atoms with Gasteiger partial charge in [-0.1, -0.05) is 18.2 Å². The fourth-order valence-electron chi connectivity index (χ4n) is 1.74. The van der Waals surface area contributed by atoms with Crippen molar-refractivity contribution in [1.29, 1.82) is 0 Å². The Morgan fingerprint density at radius 2 is 1.60 bits per heavy atom. The number of quaternary nitrogens is 1. The normalized spacial score (nSPS) is 12.1. The van der Waals surface area contributed by atoms with E-state index in [-0.39, 0.29) is 0 Å². The Bertz CT molecular complexity index is 321. The minimum atomic E-state index is -4.90. The predicted octanol–water partition coefficient (Wildman–Crippen LogP) is 1.30. The van der Waals surface area contributed by atoms with Crippen molar-refractivity contribution in [1.82, 2.24) is 0 Å². The van der Waals surface area contributed by atoms with Gasteiger partial charge in [0.1, 0.15) is 5.69 Å². The van der Waals surface area contributed by atoms with Crippen molar-refractivity contribution in [3.8, 4) is 0 Å². The van der Waals surface area contributed by atoms with E-state index < -0.39 is 12.4 Å². The van der Waals surface area contributed by atoms with E-state index in [1.54, 1.807) is 12.1 Å². The molecule has 1 aromatic carbocycles. The van der Waals surface area contributed by atoms with Crippen molar-refractivity contribution in [2.75, 3.05) is 13.1 Å². The Hall–Kier alpha value is -0.965. The first-order valence-electron chi connectivity index (χ1n) is 5.14. The fourth-order valence-corrected chi connectivity index (χ4v) is 1.74. The summed E-state index contributed by atoms with van der Waals surface area (Å²) in [6.45, 7) is 0.204. The Kier molecular flexibility index (Phi) is 3.80. The van der Waals surface area contributed by atoms with Crippen molar-refractivity contribution in [3.63, 3.8) is 0 Å². The Balaban J connectivity index is 3.17. The summed E-state index contributed by atoms with van der Waals surface area (Å²) in [6, 6.07) is 5.83. The molecule has 0 saturated heterocycles. The molecule has 1 rings (SSSR count). The molecule has 0 radical (unpaired) electrons. The first kappa shape index (κ1) is 12.1. The van der Waals surface area contributed by atoms with Crippen LogP contribution in [0.5, 0.6) is 0 Å². The van der Waals surface area contributed by atoms with E-state index in [4.69, 9.17) is 0 Å². The number of hydrogen-bond acceptors (Lipinski definition) is 0. The molecular weight excluding hydrogens is 202 g/mol. The molecule has 0 aliphatic carbocycles. The topological polar surface area (TPSA) is 4.44 Å². The van der Waals surface area contributed by atoms with Crippen LogP contribution in [0.1, 0.15) is 13.8 Å². The van der Waals surface area contributed by atoms with Crippen LogP contribution in [0.25, 0.3) is 0 Å². The lowest BCUT2D eigenvalue weighted by Crippen LogP contribution is -3.07. The van der Waals surface area contributed by atoms with Crippen LogP contribution in [-0.2, 0) is 0 Å². The molecule has 0 aliphatic rings. The highest BCUT2D eigenvalue weighted by atomic mass is 19.4. The third-order valence-electron chi connectivity index (χ3n) is 2.55. The van der Waals surface area contributed by atoms with Gasteiger partial charge in [0.15, 0.2) is 0 Å². The molecule has 0 fully saturated rings. The number of para-hydroxylation sites is 1. The summed E-state index contributed by atoms with van der Waals surface area (Å²) < 4.78 is 38.2. The van der Waals surface area contributed by atoms with E-state index in [0.29, 0.717) is 18.8 Å². The largest absolute Gasteiger partial charge is 0.515 e. The molecule has 0 spiro atoms. The van der Waals surface area contributed by atoms with Gasteiger partial charge in [-0.2, -0.15) is 0 Å². The van der Waals surface area contributed by atoms with Crippen LogP contribution in [0.4, 0.5) is 18.6 Å². The van der Waals surface area contributed by atoms with Gasteiger partial charge >= 0.3 is 6.98 Å². The highest BCUT2D eigenvalue weighted by Crippen LogP contribution is 2.12. The molecule has 0 amide bonds. The fraction of sp³-hybridized carbons (Fsp3) is 0.400. The third-order valence-corrected chi connectivity index (χ3v) is 2.55. The van der Waals surface area contributed by atoms with Crippen LogP contribution in [0.3, 0.4) is 0 Å². The molecule has 0 aromatic heterocycles. The van der Waals surface area contributed by atoms with E-state index in [0.717, 1.165) is 4.90 Å². The lowest BCUT2D eigenvalue weighted by molar-refractivity contribution is -0.827. The van der Waals surface area contributed by atoms with Crippen LogP contribution in [0.2, 0.25) is 0 Å². The van der Waals surface area contributed by atoms with E-state index in [2.05, 4.69) is 0 Å². The molecule has 0 aliphatic heterocycles. The summed E-state index contributed by atoms with van der Waals surface area (Å²) in [5, 5.41) is 0. The summed E-state index contributed by atoms with van der Waals surface area (Å²) in [5.41, 5.74) is -0.0915. The van der Waals surface area contributed by atoms with Crippen LogP contribution in [0.15, 0.2) is 24.3 Å². The quantitative estimate of drug-likeness (QED) is 0.725. The highest BCUT2D eigenvalue weighted by molar-refractivity contribution is 6.74. The molecular formula is C10H15BF3N. The van der Waals surface area contributed by atoms with Gasteiger partial charge in [0.2, 0.25) is 0 Å². The number of hydrogen-bond donors (Lipinski definition) is 1. The predicted molar refractivity (Wildman–Crippen MR) is 56.9 cm³/mol. The summed E-state index contributed by atoms with van der Waals surface area (Å²) >= 11 is 0. The monoisotopic (exact) mass is 217 g/mol. The molecule has 84 valence electrons. The summed E-state index contributed by atoms with van der Waals surface area (Å²) in [7, 11) is 0. The number of benzene rings is 1. The average Bonchev–Trinajstić information content (AvgIpc) is 2.19. The minimum absolute atomic E-state index is 0.370. The Labute approximate surface area is 88.0 Å². The zero-order valence-electron chi connectivity index (χ0n) is 8.93. The van der Waals surface area contributed by atoms with E-state index >= 15 is 0 Å². The van der Waals surface area contributed by atoms with E-state index in [9.17, 15) is 12.9 Å². The maximum atomic E-state index is 12.7. The van der Waals surface area contributed by atoms with Crippen LogP contribution >= 0.6 is 0 Å². The molecule has 0 unspecified atom stereocenters. The third kappa shape index (κ3) is 2.75. The number of rotatable bonds is 4. The molecule has 1 aromatic rings. The summed E-state index contributed by atoms with van der Waals surface area (Å²) in [6.07, 6.45) is 0. The number of halogens is 3. The van der Waals surface area contributed by atoms with E-state index in [1.807, 2.05) is 13.8 Å². The van der Waals surface area contributed by atoms with Crippen molar-refractivity contribution in [2.24, 2.45) is 0 Å². The Morgan fingerprint density at radius 1 is 1.07 bits per heavy atom. The van der Waals surface area contributed by atoms with Gasteiger partial charge in [0.25, 0.3) is 0 Å². The molecule has 0 heterocycles. The molecule has 1 nitrogen and oxygen atoms in total. The first-order valence-corrected chi connectivity index (χ1v) is 5.14. The molecule has 0 bridgehead atoms. The standard InChI is InChI=1S/C10H14BF3N/c1-3-15(4-2)10-8-6-5-7-9(10)11(12,13)14/h5-8H,3-4H2,1-2H3/q-1/p+1. The SMILES string of the molecule is CC[NH+](CC)c1ccccc1[B-](F)(F)F. The van der Waals surface area contributed by atoms with Crippen LogP contribution in [0, 0.1) is 0 Å². The molecule has 0 atom stereocenters.